The van der Waals surface area contributed by atoms with Crippen molar-refractivity contribution in [2.75, 3.05) is 38.2 Å². The zero-order chi connectivity index (χ0) is 22.5. The fourth-order valence-electron chi connectivity index (χ4n) is 4.77. The van der Waals surface area contributed by atoms with Crippen LogP contribution in [-0.4, -0.2) is 84.0 Å². The van der Waals surface area contributed by atoms with Crippen molar-refractivity contribution in [3.63, 3.8) is 0 Å². The first-order valence-corrected chi connectivity index (χ1v) is 11.9. The molecule has 2 N–H and O–H groups in total. The number of nitrogens with zero attached hydrogens (tertiary/aromatic N) is 2. The number of amides is 3. The smallest absolute Gasteiger partial charge is 0.322 e. The van der Waals surface area contributed by atoms with E-state index in [4.69, 9.17) is 21.1 Å². The molecule has 8 nitrogen and oxygen atoms in total. The highest BCUT2D eigenvalue weighted by atomic mass is 35.5. The number of likely N-dealkylation sites (tertiary alicyclic amines) is 1. The summed E-state index contributed by atoms with van der Waals surface area (Å²) in [5, 5.41) is 13.8. The maximum Gasteiger partial charge on any atom is 0.322 e. The van der Waals surface area contributed by atoms with Crippen LogP contribution in [0.5, 0.6) is 0 Å². The number of benzene rings is 1. The quantitative estimate of drug-likeness (QED) is 0.716. The Morgan fingerprint density at radius 2 is 1.84 bits per heavy atom. The van der Waals surface area contributed by atoms with Gasteiger partial charge in [0.2, 0.25) is 5.91 Å². The molecule has 0 radical (unpaired) electrons. The van der Waals surface area contributed by atoms with E-state index in [1.807, 2.05) is 4.90 Å². The summed E-state index contributed by atoms with van der Waals surface area (Å²) in [4.78, 5) is 29.4. The molecular formula is C23H32ClN3O5. The van der Waals surface area contributed by atoms with Gasteiger partial charge in [-0.05, 0) is 56.4 Å². The maximum atomic E-state index is 13.1. The van der Waals surface area contributed by atoms with Gasteiger partial charge < -0.3 is 29.7 Å². The maximum absolute atomic E-state index is 13.1. The largest absolute Gasteiger partial charge is 0.389 e. The lowest BCUT2D eigenvalue weighted by atomic mass is 9.94. The number of hydrogen-bond acceptors (Lipinski definition) is 5. The number of aliphatic hydroxyl groups is 1. The Morgan fingerprint density at radius 1 is 1.09 bits per heavy atom. The first-order valence-electron chi connectivity index (χ1n) is 11.5. The van der Waals surface area contributed by atoms with E-state index in [0.29, 0.717) is 30.0 Å². The van der Waals surface area contributed by atoms with Gasteiger partial charge in [-0.3, -0.25) is 4.79 Å². The fourth-order valence-corrected chi connectivity index (χ4v) is 4.90. The molecule has 3 heterocycles. The first-order chi connectivity index (χ1) is 15.5. The van der Waals surface area contributed by atoms with E-state index >= 15 is 0 Å². The van der Waals surface area contributed by atoms with Crippen molar-refractivity contribution in [3.8, 4) is 0 Å². The van der Waals surface area contributed by atoms with Gasteiger partial charge in [0.15, 0.2) is 0 Å². The number of piperidine rings is 1. The van der Waals surface area contributed by atoms with Gasteiger partial charge >= 0.3 is 6.03 Å². The lowest BCUT2D eigenvalue weighted by molar-refractivity contribution is -0.154. The van der Waals surface area contributed by atoms with Crippen LogP contribution < -0.4 is 5.32 Å². The second-order valence-electron chi connectivity index (χ2n) is 8.87. The Bertz CT molecular complexity index is 786. The number of carbonyl (C=O) groups is 2. The molecule has 9 heteroatoms. The van der Waals surface area contributed by atoms with E-state index in [-0.39, 0.29) is 49.9 Å². The van der Waals surface area contributed by atoms with E-state index in [2.05, 4.69) is 5.32 Å². The van der Waals surface area contributed by atoms with E-state index in [1.54, 1.807) is 29.2 Å². The van der Waals surface area contributed by atoms with Crippen molar-refractivity contribution < 1.29 is 24.2 Å². The topological polar surface area (TPSA) is 91.3 Å². The number of fused-ring (bicyclic) bond motifs is 1. The lowest BCUT2D eigenvalue weighted by Gasteiger charge is -2.44. The molecule has 3 fully saturated rings. The van der Waals surface area contributed by atoms with Crippen LogP contribution in [0.15, 0.2) is 24.3 Å². The van der Waals surface area contributed by atoms with Crippen molar-refractivity contribution >= 4 is 29.2 Å². The second kappa shape index (κ2) is 10.8. The van der Waals surface area contributed by atoms with Gasteiger partial charge in [-0.1, -0.05) is 11.6 Å². The number of β-amino-alcohol motifs (C(OH)–C–C–N with tert-alkyl or cyclic N) is 1. The van der Waals surface area contributed by atoms with Crippen LogP contribution in [0.4, 0.5) is 10.5 Å². The van der Waals surface area contributed by atoms with Crippen LogP contribution in [0.25, 0.3) is 0 Å². The van der Waals surface area contributed by atoms with E-state index < -0.39 is 6.10 Å². The third-order valence-corrected chi connectivity index (χ3v) is 6.70. The monoisotopic (exact) mass is 465 g/mol. The third kappa shape index (κ3) is 5.92. The molecule has 0 aliphatic carbocycles. The van der Waals surface area contributed by atoms with Crippen LogP contribution >= 0.6 is 11.6 Å². The number of rotatable bonds is 3. The predicted molar refractivity (Wildman–Crippen MR) is 121 cm³/mol. The molecule has 3 aliphatic heterocycles. The first kappa shape index (κ1) is 23.3. The third-order valence-electron chi connectivity index (χ3n) is 6.45. The van der Waals surface area contributed by atoms with Crippen LogP contribution in [0, 0.1) is 0 Å². The van der Waals surface area contributed by atoms with Crippen molar-refractivity contribution in [2.45, 2.75) is 62.9 Å². The molecule has 0 saturated carbocycles. The minimum absolute atomic E-state index is 0.134. The Labute approximate surface area is 193 Å². The average molecular weight is 466 g/mol. The molecule has 3 aliphatic rings. The summed E-state index contributed by atoms with van der Waals surface area (Å²) in [6, 6.07) is 6.36. The molecule has 3 saturated heterocycles. The van der Waals surface area contributed by atoms with Crippen LogP contribution in [-0.2, 0) is 14.3 Å². The summed E-state index contributed by atoms with van der Waals surface area (Å²) < 4.78 is 11.9. The molecule has 176 valence electrons. The Kier molecular flexibility index (Phi) is 7.88. The van der Waals surface area contributed by atoms with E-state index in [9.17, 15) is 14.7 Å². The molecule has 3 amide bonds. The summed E-state index contributed by atoms with van der Waals surface area (Å²) in [6.45, 7) is 2.23. The van der Waals surface area contributed by atoms with Gasteiger partial charge in [0.1, 0.15) is 6.10 Å². The van der Waals surface area contributed by atoms with Crippen molar-refractivity contribution in [1.29, 1.82) is 0 Å². The Hall–Kier alpha value is -1.87. The zero-order valence-electron chi connectivity index (χ0n) is 18.2. The summed E-state index contributed by atoms with van der Waals surface area (Å²) >= 11 is 5.93. The van der Waals surface area contributed by atoms with Gasteiger partial charge in [0, 0.05) is 23.8 Å². The molecule has 1 aromatic rings. The number of aliphatic hydroxyl groups excluding tert-OH is 1. The molecule has 1 aromatic carbocycles. The summed E-state index contributed by atoms with van der Waals surface area (Å²) in [7, 11) is 0. The highest BCUT2D eigenvalue weighted by Crippen LogP contribution is 2.29. The lowest BCUT2D eigenvalue weighted by Crippen LogP contribution is -2.58. The standard InChI is InChI=1S/C23H32ClN3O5/c24-16-4-6-17(7-5-16)25-23(30)27-13-18(28)14-31-15-21-20(27)9-8-19(32-21)12-22(29)26-10-2-1-3-11-26/h4-7,18-21,28H,1-3,8-15H2,(H,25,30)/t18-,19+,20-,21+/m1/s1. The molecule has 4 atom stereocenters. The predicted octanol–water partition coefficient (Wildman–Crippen LogP) is 2.88. The van der Waals surface area contributed by atoms with Gasteiger partial charge in [0.25, 0.3) is 0 Å². The fraction of sp³-hybridized carbons (Fsp3) is 0.652. The van der Waals surface area contributed by atoms with Gasteiger partial charge in [-0.25, -0.2) is 4.79 Å². The number of urea groups is 1. The number of nitrogens with one attached hydrogen (secondary N) is 1. The number of halogens is 1. The summed E-state index contributed by atoms with van der Waals surface area (Å²) in [6.07, 6.45) is 3.75. The number of carbonyl (C=O) groups excluding carboxylic acids is 2. The SMILES string of the molecule is O=C(C[C@@H]1CC[C@@H]2[C@H](COC[C@H](O)CN2C(=O)Nc2ccc(Cl)cc2)O1)N1CCCCC1. The molecule has 0 bridgehead atoms. The van der Waals surface area contributed by atoms with Crippen LogP contribution in [0.2, 0.25) is 5.02 Å². The average Bonchev–Trinajstić information content (AvgIpc) is 2.79. The van der Waals surface area contributed by atoms with Crippen molar-refractivity contribution in [1.82, 2.24) is 9.80 Å². The normalized spacial score (nSPS) is 28.9. The number of anilines is 1. The molecule has 0 unspecified atom stereocenters. The van der Waals surface area contributed by atoms with Gasteiger partial charge in [-0.2, -0.15) is 0 Å². The summed E-state index contributed by atoms with van der Waals surface area (Å²) in [5.41, 5.74) is 0.630. The zero-order valence-corrected chi connectivity index (χ0v) is 19.0. The molecule has 0 aromatic heterocycles. The molecule has 4 rings (SSSR count). The van der Waals surface area contributed by atoms with Crippen LogP contribution in [0.1, 0.15) is 38.5 Å². The Balaban J connectivity index is 1.40. The summed E-state index contributed by atoms with van der Waals surface area (Å²) in [5.74, 6) is 0.146. The number of hydrogen-bond donors (Lipinski definition) is 2. The highest BCUT2D eigenvalue weighted by molar-refractivity contribution is 6.30. The Morgan fingerprint density at radius 3 is 2.59 bits per heavy atom. The van der Waals surface area contributed by atoms with Crippen LogP contribution in [0.3, 0.4) is 0 Å². The number of ether oxygens (including phenoxy) is 2. The van der Waals surface area contributed by atoms with Crippen molar-refractivity contribution in [3.05, 3.63) is 29.3 Å². The van der Waals surface area contributed by atoms with Crippen molar-refractivity contribution in [2.24, 2.45) is 0 Å². The van der Waals surface area contributed by atoms with Gasteiger partial charge in [-0.15, -0.1) is 0 Å². The van der Waals surface area contributed by atoms with Gasteiger partial charge in [0.05, 0.1) is 44.4 Å². The molecular weight excluding hydrogens is 434 g/mol. The molecule has 32 heavy (non-hydrogen) atoms. The van der Waals surface area contributed by atoms with E-state index in [1.165, 1.54) is 6.42 Å². The minimum atomic E-state index is -0.773. The minimum Gasteiger partial charge on any atom is -0.389 e. The highest BCUT2D eigenvalue weighted by Gasteiger charge is 2.40. The second-order valence-corrected chi connectivity index (χ2v) is 9.30. The molecule has 0 spiro atoms. The van der Waals surface area contributed by atoms with E-state index in [0.717, 1.165) is 25.9 Å².